The lowest BCUT2D eigenvalue weighted by Gasteiger charge is -2.32. The van der Waals surface area contributed by atoms with Gasteiger partial charge in [-0.1, -0.05) is 19.1 Å². The molecule has 1 N–H and O–H groups in total. The summed E-state index contributed by atoms with van der Waals surface area (Å²) < 4.78 is 0. The van der Waals surface area contributed by atoms with Crippen molar-refractivity contribution in [1.82, 2.24) is 0 Å². The van der Waals surface area contributed by atoms with Crippen LogP contribution in [0.15, 0.2) is 24.3 Å². The van der Waals surface area contributed by atoms with Crippen molar-refractivity contribution >= 4 is 17.8 Å². The maximum absolute atomic E-state index is 11.5. The highest BCUT2D eigenvalue weighted by atomic mass is 16.1. The molecule has 1 aromatic carbocycles. The van der Waals surface area contributed by atoms with Gasteiger partial charge in [0.05, 0.1) is 5.41 Å². The minimum Gasteiger partial charge on any atom is -0.385 e. The molecule has 0 aliphatic heterocycles. The fraction of sp³-hybridized carbons (Fsp3) is 0.500. The van der Waals surface area contributed by atoms with Crippen LogP contribution in [0.3, 0.4) is 0 Å². The fourth-order valence-electron chi connectivity index (χ4n) is 2.64. The zero-order valence-corrected chi connectivity index (χ0v) is 11.4. The summed E-state index contributed by atoms with van der Waals surface area (Å²) in [6.45, 7) is 3.08. The van der Waals surface area contributed by atoms with Gasteiger partial charge in [-0.25, -0.2) is 0 Å². The predicted molar refractivity (Wildman–Crippen MR) is 76.4 cm³/mol. The first-order valence-corrected chi connectivity index (χ1v) is 7.02. The van der Waals surface area contributed by atoms with Crippen LogP contribution >= 0.6 is 0 Å². The molecule has 1 saturated carbocycles. The monoisotopic (exact) mass is 259 g/mol. The summed E-state index contributed by atoms with van der Waals surface area (Å²) in [4.78, 5) is 22.9. The van der Waals surface area contributed by atoms with Gasteiger partial charge in [-0.3, -0.25) is 4.79 Å². The third kappa shape index (κ3) is 3.03. The molecular weight excluding hydrogens is 238 g/mol. The minimum absolute atomic E-state index is 0.277. The van der Waals surface area contributed by atoms with Gasteiger partial charge in [0.15, 0.2) is 0 Å². The molecule has 0 spiro atoms. The standard InChI is InChI=1S/C16H21NO2/c1-2-11-17-14-5-3-13(4-6-14)16(12-18)9-7-15(19)8-10-16/h3-6,12,17H,2,7-11H2,1H3. The number of hydrogen-bond donors (Lipinski definition) is 1. The maximum atomic E-state index is 11.5. The maximum Gasteiger partial charge on any atom is 0.133 e. The molecule has 0 radical (unpaired) electrons. The number of nitrogens with one attached hydrogen (secondary N) is 1. The van der Waals surface area contributed by atoms with E-state index in [0.29, 0.717) is 25.7 Å². The Morgan fingerprint density at radius 3 is 2.37 bits per heavy atom. The lowest BCUT2D eigenvalue weighted by atomic mass is 9.70. The first-order valence-electron chi connectivity index (χ1n) is 7.02. The Kier molecular flexibility index (Phi) is 4.35. The highest BCUT2D eigenvalue weighted by Crippen LogP contribution is 2.36. The van der Waals surface area contributed by atoms with E-state index < -0.39 is 5.41 Å². The van der Waals surface area contributed by atoms with E-state index in [1.54, 1.807) is 0 Å². The van der Waals surface area contributed by atoms with E-state index >= 15 is 0 Å². The van der Waals surface area contributed by atoms with Gasteiger partial charge in [0.1, 0.15) is 12.1 Å². The molecule has 1 aliphatic rings. The zero-order chi connectivity index (χ0) is 13.7. The molecule has 102 valence electrons. The number of carbonyl (C=O) groups is 2. The van der Waals surface area contributed by atoms with Crippen LogP contribution in [-0.4, -0.2) is 18.6 Å². The highest BCUT2D eigenvalue weighted by Gasteiger charge is 2.36. The molecular formula is C16H21NO2. The first-order chi connectivity index (χ1) is 9.20. The first kappa shape index (κ1) is 13.8. The van der Waals surface area contributed by atoms with Crippen LogP contribution < -0.4 is 5.32 Å². The summed E-state index contributed by atoms with van der Waals surface area (Å²) >= 11 is 0. The number of carbonyl (C=O) groups excluding carboxylic acids is 2. The van der Waals surface area contributed by atoms with Gasteiger partial charge in [0.25, 0.3) is 0 Å². The zero-order valence-electron chi connectivity index (χ0n) is 11.4. The summed E-state index contributed by atoms with van der Waals surface area (Å²) in [5, 5.41) is 3.32. The predicted octanol–water partition coefficient (Wildman–Crippen LogP) is 3.09. The van der Waals surface area contributed by atoms with Crippen molar-refractivity contribution in [2.45, 2.75) is 44.4 Å². The molecule has 0 bridgehead atoms. The van der Waals surface area contributed by atoms with Crippen molar-refractivity contribution in [2.24, 2.45) is 0 Å². The van der Waals surface area contributed by atoms with Crippen LogP contribution in [0.25, 0.3) is 0 Å². The van der Waals surface area contributed by atoms with E-state index in [-0.39, 0.29) is 5.78 Å². The smallest absolute Gasteiger partial charge is 0.133 e. The lowest BCUT2D eigenvalue weighted by Crippen LogP contribution is -2.33. The number of anilines is 1. The number of aldehydes is 1. The van der Waals surface area contributed by atoms with Crippen molar-refractivity contribution in [1.29, 1.82) is 0 Å². The third-order valence-corrected chi connectivity index (χ3v) is 3.96. The second kappa shape index (κ2) is 6.00. The van der Waals surface area contributed by atoms with Crippen molar-refractivity contribution in [3.05, 3.63) is 29.8 Å². The Bertz CT molecular complexity index is 440. The van der Waals surface area contributed by atoms with Crippen LogP contribution in [0.4, 0.5) is 5.69 Å². The molecule has 0 unspecified atom stereocenters. The van der Waals surface area contributed by atoms with E-state index in [4.69, 9.17) is 0 Å². The van der Waals surface area contributed by atoms with Crippen molar-refractivity contribution in [3.63, 3.8) is 0 Å². The third-order valence-electron chi connectivity index (χ3n) is 3.96. The van der Waals surface area contributed by atoms with Crippen LogP contribution in [0.5, 0.6) is 0 Å². The van der Waals surface area contributed by atoms with E-state index in [0.717, 1.165) is 30.5 Å². The van der Waals surface area contributed by atoms with E-state index in [9.17, 15) is 9.59 Å². The van der Waals surface area contributed by atoms with Gasteiger partial charge in [-0.2, -0.15) is 0 Å². The summed E-state index contributed by atoms with van der Waals surface area (Å²) in [6.07, 6.45) is 4.47. The second-order valence-electron chi connectivity index (χ2n) is 5.32. The summed E-state index contributed by atoms with van der Waals surface area (Å²) in [7, 11) is 0. The van der Waals surface area contributed by atoms with Gasteiger partial charge in [0, 0.05) is 25.1 Å². The highest BCUT2D eigenvalue weighted by molar-refractivity contribution is 5.83. The van der Waals surface area contributed by atoms with Gasteiger partial charge in [0.2, 0.25) is 0 Å². The Morgan fingerprint density at radius 2 is 1.84 bits per heavy atom. The normalized spacial score (nSPS) is 18.1. The van der Waals surface area contributed by atoms with E-state index in [2.05, 4.69) is 12.2 Å². The van der Waals surface area contributed by atoms with E-state index in [1.807, 2.05) is 24.3 Å². The second-order valence-corrected chi connectivity index (χ2v) is 5.32. The van der Waals surface area contributed by atoms with Crippen LogP contribution in [0, 0.1) is 0 Å². The SMILES string of the molecule is CCCNc1ccc(C2(C=O)CCC(=O)CC2)cc1. The van der Waals surface area contributed by atoms with Gasteiger partial charge in [-0.15, -0.1) is 0 Å². The molecule has 0 amide bonds. The Balaban J connectivity index is 2.15. The van der Waals surface area contributed by atoms with Crippen LogP contribution in [0.2, 0.25) is 0 Å². The molecule has 1 aliphatic carbocycles. The molecule has 0 aromatic heterocycles. The topological polar surface area (TPSA) is 46.2 Å². The molecule has 0 saturated heterocycles. The number of Topliss-reactive ketones (excluding diaryl/α,β-unsaturated/α-hetero) is 1. The lowest BCUT2D eigenvalue weighted by molar-refractivity contribution is -0.123. The molecule has 3 nitrogen and oxygen atoms in total. The molecule has 0 heterocycles. The average molecular weight is 259 g/mol. The summed E-state index contributed by atoms with van der Waals surface area (Å²) in [6, 6.07) is 8.07. The molecule has 1 aromatic rings. The molecule has 1 fully saturated rings. The molecule has 19 heavy (non-hydrogen) atoms. The summed E-state index contributed by atoms with van der Waals surface area (Å²) in [5.74, 6) is 0.277. The van der Waals surface area contributed by atoms with Gasteiger partial charge >= 0.3 is 0 Å². The molecule has 2 rings (SSSR count). The fourth-order valence-corrected chi connectivity index (χ4v) is 2.64. The average Bonchev–Trinajstić information content (AvgIpc) is 2.47. The quantitative estimate of drug-likeness (QED) is 0.826. The van der Waals surface area contributed by atoms with Crippen LogP contribution in [0.1, 0.15) is 44.6 Å². The number of benzene rings is 1. The van der Waals surface area contributed by atoms with Crippen molar-refractivity contribution < 1.29 is 9.59 Å². The van der Waals surface area contributed by atoms with Crippen molar-refractivity contribution in [2.75, 3.05) is 11.9 Å². The van der Waals surface area contributed by atoms with E-state index in [1.165, 1.54) is 0 Å². The Hall–Kier alpha value is -1.64. The number of hydrogen-bond acceptors (Lipinski definition) is 3. The Labute approximate surface area is 114 Å². The van der Waals surface area contributed by atoms with Crippen molar-refractivity contribution in [3.8, 4) is 0 Å². The Morgan fingerprint density at radius 1 is 1.21 bits per heavy atom. The molecule has 3 heteroatoms. The number of rotatable bonds is 5. The molecule has 0 atom stereocenters. The van der Waals surface area contributed by atoms with Gasteiger partial charge in [-0.05, 0) is 37.0 Å². The van der Waals surface area contributed by atoms with Crippen LogP contribution in [-0.2, 0) is 15.0 Å². The summed E-state index contributed by atoms with van der Waals surface area (Å²) in [5.41, 5.74) is 1.67. The minimum atomic E-state index is -0.447. The van der Waals surface area contributed by atoms with Gasteiger partial charge < -0.3 is 10.1 Å². The number of ketones is 1. The largest absolute Gasteiger partial charge is 0.385 e.